The highest BCUT2D eigenvalue weighted by Crippen LogP contribution is 2.44. The molecule has 2 fully saturated rings. The first-order valence-electron chi connectivity index (χ1n) is 15.4. The SMILES string of the molecule is C=CC1=C(C)C(=O)NC1(O)Cc1[nH]c(CC2=C(C)C3C(=O)C(=O)/C(=C4\N[C@H](C(=O)[O-])[C@@H](C)[C@@H]4CCC(=O)[O-])C3N2)c(CC)c1CO. The van der Waals surface area contributed by atoms with Crippen LogP contribution in [0.15, 0.2) is 46.3 Å². The number of carboxylic acids is 2. The molecule has 1 saturated heterocycles. The number of aliphatic hydroxyl groups excluding tert-OH is 1. The number of allylic oxidation sites excluding steroid dienone is 2. The summed E-state index contributed by atoms with van der Waals surface area (Å²) in [6.45, 7) is 10.3. The number of aliphatic carboxylic acids is 2. The molecule has 4 aliphatic rings. The second kappa shape index (κ2) is 12.0. The maximum Gasteiger partial charge on any atom is 0.249 e. The Morgan fingerprint density at radius 2 is 1.78 bits per heavy atom. The number of aromatic amines is 1. The molecule has 246 valence electrons. The maximum atomic E-state index is 13.4. The zero-order valence-electron chi connectivity index (χ0n) is 26.2. The Hall–Kier alpha value is -4.49. The normalized spacial score (nSPS) is 30.6. The van der Waals surface area contributed by atoms with Crippen molar-refractivity contribution in [1.82, 2.24) is 20.9 Å². The Morgan fingerprint density at radius 1 is 1.09 bits per heavy atom. The highest BCUT2D eigenvalue weighted by Gasteiger charge is 2.54. The standard InChI is InChI=1S/C33H40N4O9/c1-6-16-18(12-38)22(11-33(46)19(7-2)14(4)31(43)37-33)34-21(16)10-20-15(5)24-28(35-20)25(30(42)29(24)41)27-17(8-9-23(39)40)13(3)26(36-27)32(44)45/h7,13,17,24,26,28,34-36,38,46H,2,6,8-12H2,1,3-5H3,(H,37,43)(H,39,40)(H,44,45)/p-2/b27-25-/t13-,17-,24?,26-,28?,33?/m0/s1. The van der Waals surface area contributed by atoms with Crippen molar-refractivity contribution in [3.05, 3.63) is 68.9 Å². The molecule has 6 atom stereocenters. The second-order valence-electron chi connectivity index (χ2n) is 12.6. The van der Waals surface area contributed by atoms with E-state index in [4.69, 9.17) is 0 Å². The number of hydrogen-bond donors (Lipinski definition) is 6. The third kappa shape index (κ3) is 5.17. The molecule has 3 aliphatic heterocycles. The molecule has 13 heteroatoms. The molecule has 6 N–H and O–H groups in total. The van der Waals surface area contributed by atoms with Gasteiger partial charge in [0.2, 0.25) is 17.5 Å². The number of aliphatic hydroxyl groups is 2. The number of ketones is 2. The minimum atomic E-state index is -1.73. The van der Waals surface area contributed by atoms with E-state index in [-0.39, 0.29) is 43.6 Å². The van der Waals surface area contributed by atoms with Crippen molar-refractivity contribution in [2.24, 2.45) is 17.8 Å². The van der Waals surface area contributed by atoms with Crippen LogP contribution in [-0.4, -0.2) is 62.4 Å². The summed E-state index contributed by atoms with van der Waals surface area (Å²) < 4.78 is 0. The van der Waals surface area contributed by atoms with Gasteiger partial charge in [-0.15, -0.1) is 0 Å². The molecule has 3 unspecified atom stereocenters. The molecule has 1 aliphatic carbocycles. The molecule has 0 spiro atoms. The molecule has 46 heavy (non-hydrogen) atoms. The number of hydrogen-bond acceptors (Lipinski definition) is 11. The summed E-state index contributed by atoms with van der Waals surface area (Å²) in [5.41, 5.74) is 3.19. The number of carbonyl (C=O) groups excluding carboxylic acids is 5. The molecule has 4 heterocycles. The van der Waals surface area contributed by atoms with Crippen LogP contribution < -0.4 is 26.2 Å². The first-order chi connectivity index (χ1) is 21.7. The molecule has 1 aromatic rings. The average molecular weight is 635 g/mol. The van der Waals surface area contributed by atoms with Gasteiger partial charge in [-0.05, 0) is 50.2 Å². The molecule has 1 saturated carbocycles. The molecule has 0 aromatic carbocycles. The van der Waals surface area contributed by atoms with Gasteiger partial charge in [0.05, 0.1) is 30.6 Å². The molecule has 13 nitrogen and oxygen atoms in total. The smallest absolute Gasteiger partial charge is 0.249 e. The number of amides is 1. The van der Waals surface area contributed by atoms with Crippen molar-refractivity contribution in [1.29, 1.82) is 0 Å². The fraction of sp³-hybridized carbons (Fsp3) is 0.485. The number of Topliss-reactive ketones (excluding diaryl/α,β-unsaturated/α-hetero) is 2. The topological polar surface area (TPSA) is 224 Å². The summed E-state index contributed by atoms with van der Waals surface area (Å²) in [5, 5.41) is 53.7. The van der Waals surface area contributed by atoms with Gasteiger partial charge < -0.3 is 50.9 Å². The lowest BCUT2D eigenvalue weighted by Gasteiger charge is -2.25. The Labute approximate surface area is 265 Å². The van der Waals surface area contributed by atoms with E-state index < -0.39 is 65.0 Å². The van der Waals surface area contributed by atoms with Crippen LogP contribution in [0.3, 0.4) is 0 Å². The lowest BCUT2D eigenvalue weighted by Crippen LogP contribution is -2.46. The van der Waals surface area contributed by atoms with E-state index in [0.29, 0.717) is 45.8 Å². The monoisotopic (exact) mass is 634 g/mol. The van der Waals surface area contributed by atoms with Gasteiger partial charge in [-0.2, -0.15) is 0 Å². The number of aromatic nitrogens is 1. The van der Waals surface area contributed by atoms with Gasteiger partial charge in [-0.1, -0.05) is 26.5 Å². The second-order valence-corrected chi connectivity index (χ2v) is 12.6. The highest BCUT2D eigenvalue weighted by molar-refractivity contribution is 6.48. The number of carboxylic acid groups (broad SMARTS) is 2. The molecule has 1 aromatic heterocycles. The molecule has 0 radical (unpaired) electrons. The highest BCUT2D eigenvalue weighted by atomic mass is 16.4. The van der Waals surface area contributed by atoms with E-state index in [1.807, 2.05) is 6.92 Å². The summed E-state index contributed by atoms with van der Waals surface area (Å²) >= 11 is 0. The lowest BCUT2D eigenvalue weighted by atomic mass is 9.84. The first-order valence-corrected chi connectivity index (χ1v) is 15.4. The minimum Gasteiger partial charge on any atom is -0.550 e. The molecular formula is C33H38N4O9-2. The van der Waals surface area contributed by atoms with E-state index in [0.717, 1.165) is 5.56 Å². The van der Waals surface area contributed by atoms with Crippen molar-refractivity contribution in [3.63, 3.8) is 0 Å². The first kappa shape index (κ1) is 32.9. The van der Waals surface area contributed by atoms with Crippen LogP contribution in [0.4, 0.5) is 0 Å². The van der Waals surface area contributed by atoms with Crippen molar-refractivity contribution in [2.75, 3.05) is 0 Å². The van der Waals surface area contributed by atoms with Gasteiger partial charge in [-0.25, -0.2) is 0 Å². The summed E-state index contributed by atoms with van der Waals surface area (Å²) in [4.78, 5) is 65.6. The number of H-pyrrole nitrogens is 1. The van der Waals surface area contributed by atoms with Gasteiger partial charge >= 0.3 is 0 Å². The minimum absolute atomic E-state index is 0.0152. The zero-order valence-corrected chi connectivity index (χ0v) is 26.2. The number of rotatable bonds is 11. The predicted octanol–water partition coefficient (Wildman–Crippen LogP) is -1.75. The fourth-order valence-corrected chi connectivity index (χ4v) is 7.73. The Bertz CT molecular complexity index is 1660. The Kier molecular flexibility index (Phi) is 8.60. The van der Waals surface area contributed by atoms with Gasteiger partial charge in [0, 0.05) is 69.8 Å². The largest absolute Gasteiger partial charge is 0.550 e. The average Bonchev–Trinajstić information content (AvgIpc) is 3.71. The van der Waals surface area contributed by atoms with Crippen LogP contribution in [0.1, 0.15) is 63.1 Å². The summed E-state index contributed by atoms with van der Waals surface area (Å²) in [7, 11) is 0. The predicted molar refractivity (Wildman–Crippen MR) is 158 cm³/mol. The molecular weight excluding hydrogens is 596 g/mol. The molecule has 5 rings (SSSR count). The van der Waals surface area contributed by atoms with Crippen LogP contribution in [0.25, 0.3) is 0 Å². The van der Waals surface area contributed by atoms with E-state index >= 15 is 0 Å². The Balaban J connectivity index is 1.49. The van der Waals surface area contributed by atoms with Crippen molar-refractivity contribution in [2.45, 2.75) is 84.2 Å². The quantitative estimate of drug-likeness (QED) is 0.118. The number of fused-ring (bicyclic) bond motifs is 1. The Morgan fingerprint density at radius 3 is 2.37 bits per heavy atom. The van der Waals surface area contributed by atoms with Crippen molar-refractivity contribution in [3.8, 4) is 0 Å². The third-order valence-corrected chi connectivity index (χ3v) is 10.1. The summed E-state index contributed by atoms with van der Waals surface area (Å²) in [6.07, 6.45) is 1.80. The van der Waals surface area contributed by atoms with Gasteiger partial charge in [-0.3, -0.25) is 14.4 Å². The van der Waals surface area contributed by atoms with E-state index in [2.05, 4.69) is 27.5 Å². The van der Waals surface area contributed by atoms with Gasteiger partial charge in [0.25, 0.3) is 0 Å². The van der Waals surface area contributed by atoms with Crippen LogP contribution in [0.5, 0.6) is 0 Å². The molecule has 1 amide bonds. The van der Waals surface area contributed by atoms with Gasteiger partial charge in [0.1, 0.15) is 0 Å². The zero-order chi connectivity index (χ0) is 33.8. The van der Waals surface area contributed by atoms with E-state index in [1.54, 1.807) is 20.8 Å². The van der Waals surface area contributed by atoms with Crippen LogP contribution >= 0.6 is 0 Å². The lowest BCUT2D eigenvalue weighted by molar-refractivity contribution is -0.309. The van der Waals surface area contributed by atoms with Crippen LogP contribution in [0.2, 0.25) is 0 Å². The van der Waals surface area contributed by atoms with Crippen molar-refractivity contribution >= 4 is 29.4 Å². The molecule has 0 bridgehead atoms. The fourth-order valence-electron chi connectivity index (χ4n) is 7.73. The van der Waals surface area contributed by atoms with E-state index in [1.165, 1.54) is 6.08 Å². The van der Waals surface area contributed by atoms with E-state index in [9.17, 15) is 44.4 Å². The van der Waals surface area contributed by atoms with Crippen LogP contribution in [-0.2, 0) is 49.8 Å². The third-order valence-electron chi connectivity index (χ3n) is 10.1. The maximum absolute atomic E-state index is 13.4. The summed E-state index contributed by atoms with van der Waals surface area (Å²) in [6, 6.07) is -1.96. The number of nitrogens with one attached hydrogen (secondary N) is 4. The van der Waals surface area contributed by atoms with Crippen molar-refractivity contribution < 1.29 is 44.4 Å². The van der Waals surface area contributed by atoms with Crippen LogP contribution in [0, 0.1) is 17.8 Å². The summed E-state index contributed by atoms with van der Waals surface area (Å²) in [5.74, 6) is -6.61. The number of carbonyl (C=O) groups is 5. The van der Waals surface area contributed by atoms with Gasteiger partial charge in [0.15, 0.2) is 5.72 Å².